The van der Waals surface area contributed by atoms with Gasteiger partial charge in [0.15, 0.2) is 17.5 Å². The van der Waals surface area contributed by atoms with Gasteiger partial charge in [0.1, 0.15) is 11.4 Å². The Bertz CT molecular complexity index is 870. The number of aromatic nitrogens is 2. The van der Waals surface area contributed by atoms with E-state index in [-0.39, 0.29) is 0 Å². The van der Waals surface area contributed by atoms with E-state index in [1.165, 1.54) is 0 Å². The van der Waals surface area contributed by atoms with Crippen LogP contribution in [0.25, 0.3) is 12.2 Å². The van der Waals surface area contributed by atoms with E-state index in [9.17, 15) is 0 Å². The van der Waals surface area contributed by atoms with Crippen molar-refractivity contribution in [3.63, 3.8) is 0 Å². The molecule has 0 aliphatic carbocycles. The Labute approximate surface area is 178 Å². The van der Waals surface area contributed by atoms with Crippen molar-refractivity contribution in [3.05, 3.63) is 35.7 Å². The van der Waals surface area contributed by atoms with Gasteiger partial charge in [-0.1, -0.05) is 18.2 Å². The lowest BCUT2D eigenvalue weighted by Crippen LogP contribution is -2.46. The number of anilines is 3. The molecule has 4 rings (SSSR count). The number of nitrogens with one attached hydrogen (secondary N) is 1. The summed E-state index contributed by atoms with van der Waals surface area (Å²) >= 11 is 0. The summed E-state index contributed by atoms with van der Waals surface area (Å²) in [7, 11) is 3.82. The lowest BCUT2D eigenvalue weighted by molar-refractivity contribution is 0.312. The lowest BCUT2D eigenvalue weighted by atomic mass is 10.2. The van der Waals surface area contributed by atoms with E-state index in [2.05, 4.69) is 27.1 Å². The zero-order valence-corrected chi connectivity index (χ0v) is 17.8. The second kappa shape index (κ2) is 9.32. The molecule has 0 radical (unpaired) electrons. The Morgan fingerprint density at radius 3 is 2.10 bits per heavy atom. The van der Waals surface area contributed by atoms with Crippen LogP contribution in [0.5, 0.6) is 5.75 Å². The summed E-state index contributed by atoms with van der Waals surface area (Å²) in [5, 5.41) is 3.39. The highest BCUT2D eigenvalue weighted by atomic mass is 16.5. The predicted octanol–water partition coefficient (Wildman–Crippen LogP) is 1.40. The molecule has 0 unspecified atom stereocenters. The molecule has 2 saturated heterocycles. The number of nitrogens with two attached hydrogens (primary N) is 1. The first kappa shape index (κ1) is 20.4. The van der Waals surface area contributed by atoms with Crippen LogP contribution < -0.4 is 25.6 Å². The number of ether oxygens (including phenoxy) is 1. The zero-order valence-electron chi connectivity index (χ0n) is 17.8. The summed E-state index contributed by atoms with van der Waals surface area (Å²) < 4.78 is 5.24. The number of hydrogen-bond acceptors (Lipinski definition) is 8. The Balaban J connectivity index is 1.65. The molecule has 3 heterocycles. The van der Waals surface area contributed by atoms with Crippen LogP contribution in [0.4, 0.5) is 17.3 Å². The fraction of sp³-hybridized carbons (Fsp3) is 0.455. The van der Waals surface area contributed by atoms with Crippen molar-refractivity contribution in [2.45, 2.75) is 0 Å². The first-order valence-corrected chi connectivity index (χ1v) is 10.5. The molecule has 30 heavy (non-hydrogen) atoms. The van der Waals surface area contributed by atoms with Gasteiger partial charge in [-0.05, 0) is 30.8 Å². The fourth-order valence-electron chi connectivity index (χ4n) is 3.80. The summed E-state index contributed by atoms with van der Waals surface area (Å²) in [6, 6.07) is 7.94. The maximum absolute atomic E-state index is 6.61. The topological polar surface area (TPSA) is 82.8 Å². The summed E-state index contributed by atoms with van der Waals surface area (Å²) in [6.45, 7) is 7.50. The molecule has 3 N–H and O–H groups in total. The smallest absolute Gasteiger partial charge is 0.158 e. The first-order valence-electron chi connectivity index (χ1n) is 10.5. The van der Waals surface area contributed by atoms with Gasteiger partial charge in [0.2, 0.25) is 0 Å². The van der Waals surface area contributed by atoms with Crippen molar-refractivity contribution in [3.8, 4) is 5.75 Å². The van der Waals surface area contributed by atoms with Gasteiger partial charge in [-0.15, -0.1) is 0 Å². The van der Waals surface area contributed by atoms with Crippen LogP contribution in [-0.4, -0.2) is 81.4 Å². The highest BCUT2D eigenvalue weighted by Gasteiger charge is 2.23. The van der Waals surface area contributed by atoms with E-state index in [0.29, 0.717) is 11.5 Å². The molecule has 2 aliphatic rings. The van der Waals surface area contributed by atoms with Crippen LogP contribution in [0.2, 0.25) is 0 Å². The minimum atomic E-state index is 0.683. The number of methoxy groups -OCH3 is 1. The summed E-state index contributed by atoms with van der Waals surface area (Å²) in [6.07, 6.45) is 3.99. The van der Waals surface area contributed by atoms with E-state index >= 15 is 0 Å². The molecule has 8 nitrogen and oxygen atoms in total. The average molecular weight is 410 g/mol. The minimum Gasteiger partial charge on any atom is -0.497 e. The number of benzene rings is 1. The van der Waals surface area contributed by atoms with Crippen LogP contribution in [-0.2, 0) is 0 Å². The SMILES string of the molecule is COc1ccc(/C=C/c2nc(N3CCNCC3)c(N)c(N3CCN(C)CC3)n2)cc1. The van der Waals surface area contributed by atoms with E-state index in [4.69, 9.17) is 20.4 Å². The van der Waals surface area contributed by atoms with E-state index in [0.717, 1.165) is 75.3 Å². The molecule has 2 aliphatic heterocycles. The van der Waals surface area contributed by atoms with Crippen molar-refractivity contribution < 1.29 is 4.74 Å². The highest BCUT2D eigenvalue weighted by molar-refractivity contribution is 5.79. The maximum atomic E-state index is 6.61. The molecule has 0 bridgehead atoms. The second-order valence-corrected chi connectivity index (χ2v) is 7.78. The maximum Gasteiger partial charge on any atom is 0.158 e. The number of hydrogen-bond donors (Lipinski definition) is 2. The van der Waals surface area contributed by atoms with Crippen molar-refractivity contribution in [1.29, 1.82) is 0 Å². The van der Waals surface area contributed by atoms with E-state index in [1.54, 1.807) is 7.11 Å². The van der Waals surface area contributed by atoms with Gasteiger partial charge in [0.25, 0.3) is 0 Å². The molecule has 2 aromatic rings. The normalized spacial score (nSPS) is 18.2. The fourth-order valence-corrected chi connectivity index (χ4v) is 3.80. The standard InChI is InChI=1S/C22H31N7O/c1-27-13-15-29(16-14-27)22-20(23)21(28-11-9-24-10-12-28)25-19(26-22)8-5-17-3-6-18(30-2)7-4-17/h3-8,24H,9-16,23H2,1-2H3/b8-5+. The average Bonchev–Trinajstić information content (AvgIpc) is 2.80. The molecule has 0 amide bonds. The van der Waals surface area contributed by atoms with Crippen molar-refractivity contribution in [1.82, 2.24) is 20.2 Å². The number of likely N-dealkylation sites (N-methyl/N-ethyl adjacent to an activating group) is 1. The predicted molar refractivity (Wildman–Crippen MR) is 123 cm³/mol. The molecule has 8 heteroatoms. The molecule has 1 aromatic heterocycles. The van der Waals surface area contributed by atoms with Crippen LogP contribution in [0, 0.1) is 0 Å². The minimum absolute atomic E-state index is 0.683. The third kappa shape index (κ3) is 4.66. The highest BCUT2D eigenvalue weighted by Crippen LogP contribution is 2.31. The number of piperazine rings is 2. The van der Waals surface area contributed by atoms with Crippen LogP contribution in [0.1, 0.15) is 11.4 Å². The molecule has 2 fully saturated rings. The molecular formula is C22H31N7O. The molecular weight excluding hydrogens is 378 g/mol. The molecule has 0 spiro atoms. The third-order valence-electron chi connectivity index (χ3n) is 5.68. The molecule has 160 valence electrons. The third-order valence-corrected chi connectivity index (χ3v) is 5.68. The Kier molecular flexibility index (Phi) is 6.35. The Morgan fingerprint density at radius 1 is 0.900 bits per heavy atom. The van der Waals surface area contributed by atoms with Crippen LogP contribution in [0.15, 0.2) is 24.3 Å². The number of rotatable bonds is 5. The summed E-state index contributed by atoms with van der Waals surface area (Å²) in [5.41, 5.74) is 8.36. The van der Waals surface area contributed by atoms with E-state index in [1.807, 2.05) is 36.4 Å². The van der Waals surface area contributed by atoms with Gasteiger partial charge < -0.3 is 30.5 Å². The summed E-state index contributed by atoms with van der Waals surface area (Å²) in [5.74, 6) is 3.22. The Hall–Kier alpha value is -2.84. The van der Waals surface area contributed by atoms with Gasteiger partial charge in [-0.3, -0.25) is 0 Å². The van der Waals surface area contributed by atoms with Crippen molar-refractivity contribution in [2.75, 3.05) is 82.0 Å². The monoisotopic (exact) mass is 409 g/mol. The molecule has 0 saturated carbocycles. The number of nitrogen functional groups attached to an aromatic ring is 1. The van der Waals surface area contributed by atoms with Gasteiger partial charge in [-0.2, -0.15) is 0 Å². The lowest BCUT2D eigenvalue weighted by Gasteiger charge is -2.35. The molecule has 1 aromatic carbocycles. The first-order chi connectivity index (χ1) is 14.6. The number of nitrogens with zero attached hydrogens (tertiary/aromatic N) is 5. The quantitative estimate of drug-likeness (QED) is 0.767. The van der Waals surface area contributed by atoms with Gasteiger partial charge >= 0.3 is 0 Å². The molecule has 0 atom stereocenters. The van der Waals surface area contributed by atoms with Crippen molar-refractivity contribution >= 4 is 29.5 Å². The van der Waals surface area contributed by atoms with Crippen molar-refractivity contribution in [2.24, 2.45) is 0 Å². The zero-order chi connectivity index (χ0) is 20.9. The summed E-state index contributed by atoms with van der Waals surface area (Å²) in [4.78, 5) is 16.5. The van der Waals surface area contributed by atoms with Crippen LogP contribution >= 0.6 is 0 Å². The Morgan fingerprint density at radius 2 is 1.50 bits per heavy atom. The van der Waals surface area contributed by atoms with Gasteiger partial charge in [0, 0.05) is 52.4 Å². The van der Waals surface area contributed by atoms with E-state index < -0.39 is 0 Å². The van der Waals surface area contributed by atoms with Crippen LogP contribution in [0.3, 0.4) is 0 Å². The van der Waals surface area contributed by atoms with Gasteiger partial charge in [-0.25, -0.2) is 9.97 Å². The largest absolute Gasteiger partial charge is 0.497 e. The second-order valence-electron chi connectivity index (χ2n) is 7.78. The van der Waals surface area contributed by atoms with Gasteiger partial charge in [0.05, 0.1) is 7.11 Å².